The lowest BCUT2D eigenvalue weighted by molar-refractivity contribution is -0.141. The van der Waals surface area contributed by atoms with E-state index in [9.17, 15) is 18.0 Å². The van der Waals surface area contributed by atoms with E-state index in [1.54, 1.807) is 0 Å². The van der Waals surface area contributed by atoms with Gasteiger partial charge in [-0.1, -0.05) is 44.2 Å². The first-order chi connectivity index (χ1) is 14.7. The predicted molar refractivity (Wildman–Crippen MR) is 116 cm³/mol. The summed E-state index contributed by atoms with van der Waals surface area (Å²) in [6.07, 6.45) is -2.03. The molecule has 4 nitrogen and oxygen atoms in total. The van der Waals surface area contributed by atoms with Crippen LogP contribution < -0.4 is 10.6 Å². The van der Waals surface area contributed by atoms with E-state index < -0.39 is 11.9 Å². The van der Waals surface area contributed by atoms with E-state index in [4.69, 9.17) is 5.73 Å². The topological polar surface area (TPSA) is 59.2 Å². The lowest BCUT2D eigenvalue weighted by Crippen LogP contribution is -2.34. The van der Waals surface area contributed by atoms with Gasteiger partial charge in [0.1, 0.15) is 17.3 Å². The molecule has 2 heterocycles. The standard InChI is InChI=1S/C24H30F3N3O/c1-16-10-12-30(13-11-16)23-19(7-9-22(29-23)24(25,26)27)6-8-21(31)17(2)20-5-3-4-18(14-20)15-28/h3-5,7,9,14,16-17H,6,8,10-13,15,28H2,1-2H3. The first kappa shape index (κ1) is 23.3. The van der Waals surface area contributed by atoms with Crippen LogP contribution in [-0.2, 0) is 23.9 Å². The molecule has 3 rings (SSSR count). The Bertz CT molecular complexity index is 905. The van der Waals surface area contributed by atoms with Crippen molar-refractivity contribution < 1.29 is 18.0 Å². The number of rotatable bonds is 7. The molecule has 1 atom stereocenters. The number of pyridine rings is 1. The molecule has 7 heteroatoms. The molecule has 1 aromatic carbocycles. The number of aromatic nitrogens is 1. The fraction of sp³-hybridized carbons (Fsp3) is 0.500. The van der Waals surface area contributed by atoms with Gasteiger partial charge in [-0.15, -0.1) is 0 Å². The first-order valence-corrected chi connectivity index (χ1v) is 10.8. The van der Waals surface area contributed by atoms with Crippen LogP contribution in [0.2, 0.25) is 0 Å². The summed E-state index contributed by atoms with van der Waals surface area (Å²) in [5.74, 6) is 0.671. The van der Waals surface area contributed by atoms with Crippen LogP contribution in [0.3, 0.4) is 0 Å². The fourth-order valence-electron chi connectivity index (χ4n) is 3.97. The maximum atomic E-state index is 13.3. The molecule has 168 valence electrons. The predicted octanol–water partition coefficient (Wildman–Crippen LogP) is 5.10. The van der Waals surface area contributed by atoms with E-state index in [0.29, 0.717) is 43.4 Å². The van der Waals surface area contributed by atoms with E-state index in [1.165, 1.54) is 6.07 Å². The van der Waals surface area contributed by atoms with Crippen LogP contribution in [0.15, 0.2) is 36.4 Å². The Morgan fingerprint density at radius 3 is 2.58 bits per heavy atom. The molecule has 0 amide bonds. The van der Waals surface area contributed by atoms with Gasteiger partial charge in [0, 0.05) is 32.0 Å². The number of nitrogens with two attached hydrogens (primary N) is 1. The van der Waals surface area contributed by atoms with Gasteiger partial charge >= 0.3 is 6.18 Å². The van der Waals surface area contributed by atoms with Crippen molar-refractivity contribution in [1.82, 2.24) is 4.98 Å². The Morgan fingerprint density at radius 2 is 1.94 bits per heavy atom. The molecule has 0 bridgehead atoms. The fourth-order valence-corrected chi connectivity index (χ4v) is 3.97. The summed E-state index contributed by atoms with van der Waals surface area (Å²) in [7, 11) is 0. The molecular weight excluding hydrogens is 403 g/mol. The zero-order valence-electron chi connectivity index (χ0n) is 18.1. The van der Waals surface area contributed by atoms with Crippen LogP contribution in [-0.4, -0.2) is 23.9 Å². The number of nitrogens with zero attached hydrogens (tertiary/aromatic N) is 2. The number of benzene rings is 1. The Hall–Kier alpha value is -2.41. The van der Waals surface area contributed by atoms with E-state index in [2.05, 4.69) is 11.9 Å². The molecule has 1 aromatic heterocycles. The van der Waals surface area contributed by atoms with Crippen molar-refractivity contribution in [1.29, 1.82) is 0 Å². The number of alkyl halides is 3. The van der Waals surface area contributed by atoms with Crippen molar-refractivity contribution in [3.05, 3.63) is 58.8 Å². The molecule has 0 radical (unpaired) electrons. The van der Waals surface area contributed by atoms with Gasteiger partial charge in [-0.05, 0) is 47.9 Å². The van der Waals surface area contributed by atoms with Crippen molar-refractivity contribution in [2.24, 2.45) is 11.7 Å². The summed E-state index contributed by atoms with van der Waals surface area (Å²) < 4.78 is 39.8. The zero-order valence-corrected chi connectivity index (χ0v) is 18.1. The minimum absolute atomic E-state index is 0.0484. The normalized spacial score (nSPS) is 16.4. The monoisotopic (exact) mass is 433 g/mol. The number of piperidine rings is 1. The van der Waals surface area contributed by atoms with Crippen molar-refractivity contribution in [3.63, 3.8) is 0 Å². The molecule has 1 fully saturated rings. The molecule has 1 unspecified atom stereocenters. The minimum atomic E-state index is -4.49. The third-order valence-electron chi connectivity index (χ3n) is 6.14. The Morgan fingerprint density at radius 1 is 1.23 bits per heavy atom. The number of carbonyl (C=O) groups is 1. The highest BCUT2D eigenvalue weighted by molar-refractivity contribution is 5.85. The second-order valence-electron chi connectivity index (χ2n) is 8.48. The van der Waals surface area contributed by atoms with Gasteiger partial charge in [-0.2, -0.15) is 13.2 Å². The third kappa shape index (κ3) is 5.85. The van der Waals surface area contributed by atoms with Crippen LogP contribution >= 0.6 is 0 Å². The number of carbonyl (C=O) groups excluding carboxylic acids is 1. The summed E-state index contributed by atoms with van der Waals surface area (Å²) in [5, 5.41) is 0. The Balaban J connectivity index is 1.77. The van der Waals surface area contributed by atoms with Crippen molar-refractivity contribution in [3.8, 4) is 0 Å². The van der Waals surface area contributed by atoms with Crippen molar-refractivity contribution >= 4 is 11.6 Å². The number of aryl methyl sites for hydroxylation is 1. The van der Waals surface area contributed by atoms with Crippen LogP contribution in [0, 0.1) is 5.92 Å². The van der Waals surface area contributed by atoms with Crippen molar-refractivity contribution in [2.75, 3.05) is 18.0 Å². The molecule has 0 saturated carbocycles. The molecule has 2 N–H and O–H groups in total. The molecular formula is C24H30F3N3O. The number of anilines is 1. The average Bonchev–Trinajstić information content (AvgIpc) is 2.76. The lowest BCUT2D eigenvalue weighted by Gasteiger charge is -2.33. The van der Waals surface area contributed by atoms with Gasteiger partial charge in [0.25, 0.3) is 0 Å². The van der Waals surface area contributed by atoms with Gasteiger partial charge in [-0.3, -0.25) is 4.79 Å². The molecule has 1 saturated heterocycles. The lowest BCUT2D eigenvalue weighted by atomic mass is 9.91. The van der Waals surface area contributed by atoms with Gasteiger partial charge in [0.05, 0.1) is 0 Å². The highest BCUT2D eigenvalue weighted by Gasteiger charge is 2.34. The third-order valence-corrected chi connectivity index (χ3v) is 6.14. The average molecular weight is 434 g/mol. The van der Waals surface area contributed by atoms with Gasteiger partial charge in [0.15, 0.2) is 0 Å². The van der Waals surface area contributed by atoms with E-state index in [1.807, 2.05) is 36.1 Å². The number of ketones is 1. The summed E-state index contributed by atoms with van der Waals surface area (Å²) in [5.41, 5.74) is 7.37. The second-order valence-corrected chi connectivity index (χ2v) is 8.48. The van der Waals surface area contributed by atoms with E-state index >= 15 is 0 Å². The van der Waals surface area contributed by atoms with Gasteiger partial charge < -0.3 is 10.6 Å². The summed E-state index contributed by atoms with van der Waals surface area (Å²) in [6.45, 7) is 5.77. The number of halogens is 3. The quantitative estimate of drug-likeness (QED) is 0.660. The maximum Gasteiger partial charge on any atom is 0.433 e. The van der Waals surface area contributed by atoms with Crippen LogP contribution in [0.25, 0.3) is 0 Å². The molecule has 31 heavy (non-hydrogen) atoms. The second kappa shape index (κ2) is 9.81. The molecule has 1 aliphatic heterocycles. The van der Waals surface area contributed by atoms with E-state index in [0.717, 1.165) is 30.0 Å². The Kier molecular flexibility index (Phi) is 7.36. The van der Waals surface area contributed by atoms with Gasteiger partial charge in [-0.25, -0.2) is 4.98 Å². The van der Waals surface area contributed by atoms with Crippen LogP contribution in [0.4, 0.5) is 19.0 Å². The first-order valence-electron chi connectivity index (χ1n) is 10.8. The van der Waals surface area contributed by atoms with Gasteiger partial charge in [0.2, 0.25) is 0 Å². The summed E-state index contributed by atoms with van der Waals surface area (Å²) >= 11 is 0. The molecule has 2 aromatic rings. The smallest absolute Gasteiger partial charge is 0.356 e. The van der Waals surface area contributed by atoms with Crippen LogP contribution in [0.1, 0.15) is 61.4 Å². The summed E-state index contributed by atoms with van der Waals surface area (Å²) in [4.78, 5) is 18.7. The molecule has 1 aliphatic rings. The number of Topliss-reactive ketones (excluding diaryl/α,β-unsaturated/α-hetero) is 1. The molecule has 0 aliphatic carbocycles. The Labute approximate surface area is 181 Å². The minimum Gasteiger partial charge on any atom is -0.356 e. The van der Waals surface area contributed by atoms with E-state index in [-0.39, 0.29) is 18.1 Å². The zero-order chi connectivity index (χ0) is 22.6. The summed E-state index contributed by atoms with van der Waals surface area (Å²) in [6, 6.07) is 10.1. The SMILES string of the molecule is CC1CCN(c2nc(C(F)(F)F)ccc2CCC(=O)C(C)c2cccc(CN)c2)CC1. The maximum absolute atomic E-state index is 13.3. The van der Waals surface area contributed by atoms with Crippen LogP contribution in [0.5, 0.6) is 0 Å². The number of hydrogen-bond acceptors (Lipinski definition) is 4. The molecule has 0 spiro atoms. The number of hydrogen-bond donors (Lipinski definition) is 1. The van der Waals surface area contributed by atoms with Crippen molar-refractivity contribution in [2.45, 2.75) is 58.2 Å². The largest absolute Gasteiger partial charge is 0.433 e. The highest BCUT2D eigenvalue weighted by Crippen LogP contribution is 2.33. The highest BCUT2D eigenvalue weighted by atomic mass is 19.4.